The summed E-state index contributed by atoms with van der Waals surface area (Å²) in [7, 11) is 0. The fourth-order valence-electron chi connectivity index (χ4n) is 0. The zero-order valence-electron chi connectivity index (χ0n) is 3.66. The van der Waals surface area contributed by atoms with Gasteiger partial charge in [0.15, 0.2) is 0 Å². The van der Waals surface area contributed by atoms with Crippen molar-refractivity contribution in [3.8, 4) is 0 Å². The van der Waals surface area contributed by atoms with E-state index in [9.17, 15) is 0 Å². The molecular weight excluding hydrogens is 127 g/mol. The van der Waals surface area contributed by atoms with E-state index in [4.69, 9.17) is 0 Å². The van der Waals surface area contributed by atoms with Gasteiger partial charge in [-0.15, -0.1) is 0 Å². The molecule has 0 aliphatic carbocycles. The summed E-state index contributed by atoms with van der Waals surface area (Å²) in [4.78, 5) is 0. The van der Waals surface area contributed by atoms with Crippen LogP contribution in [0.15, 0.2) is 0 Å². The van der Waals surface area contributed by atoms with Crippen LogP contribution in [-0.2, 0) is 0 Å². The van der Waals surface area contributed by atoms with Gasteiger partial charge in [0.1, 0.15) is 0 Å². The Morgan fingerprint density at radius 1 is 1.80 bits per heavy atom. The third-order valence-electron chi connectivity index (χ3n) is 0.563. The lowest BCUT2D eigenvalue weighted by Gasteiger charge is -1.81. The Kier molecular flexibility index (Phi) is 3.07. The van der Waals surface area contributed by atoms with Gasteiger partial charge in [-0.1, -0.05) is 20.1 Å². The van der Waals surface area contributed by atoms with Gasteiger partial charge in [0.25, 0.3) is 0 Å². The molecule has 5 heavy (non-hydrogen) atoms. The van der Waals surface area contributed by atoms with E-state index in [1.807, 2.05) is 0 Å². The first-order chi connectivity index (χ1) is 2.27. The van der Waals surface area contributed by atoms with Crippen LogP contribution in [0.5, 0.6) is 0 Å². The molecule has 0 saturated carbocycles. The van der Waals surface area contributed by atoms with Crippen LogP contribution in [0.25, 0.3) is 0 Å². The van der Waals surface area contributed by atoms with Crippen LogP contribution in [0.1, 0.15) is 6.92 Å². The normalized spacial score (nSPS) is 7.80. The Hall–Kier alpha value is 0.545. The van der Waals surface area contributed by atoms with Gasteiger partial charge in [-0.2, -0.15) is 15.8 Å². The lowest BCUT2D eigenvalue weighted by Crippen LogP contribution is -1.86. The Morgan fingerprint density at radius 2 is 2.00 bits per heavy atom. The molecular formula is C3H8BBr. The van der Waals surface area contributed by atoms with E-state index in [0.29, 0.717) is 5.54 Å². The third-order valence-corrected chi connectivity index (χ3v) is 1.21. The lowest BCUT2D eigenvalue weighted by atomic mass is 9.79. The molecule has 0 aromatic heterocycles. The minimum Gasteiger partial charge on any atom is -0.157 e. The van der Waals surface area contributed by atoms with Crippen molar-refractivity contribution in [1.82, 2.24) is 0 Å². The highest BCUT2D eigenvalue weighted by molar-refractivity contribution is 9.24. The van der Waals surface area contributed by atoms with Crippen molar-refractivity contribution in [2.75, 3.05) is 0 Å². The zero-order valence-corrected chi connectivity index (χ0v) is 5.25. The average Bonchev–Trinajstić information content (AvgIpc) is 1.38. The smallest absolute Gasteiger partial charge is 0.157 e. The second-order valence-corrected chi connectivity index (χ2v) is 2.75. The number of halogens is 1. The number of hydrogen-bond donors (Lipinski definition) is 0. The molecule has 0 heterocycles. The maximum atomic E-state index is 3.37. The monoisotopic (exact) mass is 134 g/mol. The maximum absolute atomic E-state index is 3.37. The summed E-state index contributed by atoms with van der Waals surface area (Å²) in [5.41, 5.74) is 0.697. The Labute approximate surface area is 42.0 Å². The lowest BCUT2D eigenvalue weighted by molar-refractivity contribution is 1.45. The highest BCUT2D eigenvalue weighted by Crippen LogP contribution is 1.95. The van der Waals surface area contributed by atoms with Gasteiger partial charge in [0.05, 0.1) is 0 Å². The molecule has 0 bridgehead atoms. The Balaban J connectivity index is 2.54. The van der Waals surface area contributed by atoms with E-state index in [2.05, 4.69) is 29.5 Å². The van der Waals surface area contributed by atoms with Crippen LogP contribution in [0.4, 0.5) is 0 Å². The summed E-state index contributed by atoms with van der Waals surface area (Å²) < 4.78 is 0. The summed E-state index contributed by atoms with van der Waals surface area (Å²) in [5, 5.41) is 0. The van der Waals surface area contributed by atoms with Gasteiger partial charge < -0.3 is 0 Å². The first kappa shape index (κ1) is 5.54. The van der Waals surface area contributed by atoms with Crippen LogP contribution in [0, 0.1) is 0 Å². The molecule has 0 atom stereocenters. The summed E-state index contributed by atoms with van der Waals surface area (Å²) >= 11 is 3.37. The standard InChI is InChI=1S/C3H8BBr/c1-3-4(2)5/h3H2,1-2H3. The molecule has 2 heteroatoms. The summed E-state index contributed by atoms with van der Waals surface area (Å²) in [6.07, 6.45) is 1.22. The Morgan fingerprint density at radius 3 is 2.00 bits per heavy atom. The van der Waals surface area contributed by atoms with Crippen molar-refractivity contribution in [3.63, 3.8) is 0 Å². The number of hydrogen-bond acceptors (Lipinski definition) is 0. The molecule has 0 aliphatic rings. The molecule has 0 unspecified atom stereocenters. The van der Waals surface area contributed by atoms with Crippen molar-refractivity contribution in [3.05, 3.63) is 0 Å². The topological polar surface area (TPSA) is 0 Å². The van der Waals surface area contributed by atoms with Gasteiger partial charge in [0.2, 0.25) is 5.54 Å². The maximum Gasteiger partial charge on any atom is 0.219 e. The molecule has 0 N–H and O–H groups in total. The minimum absolute atomic E-state index is 0.697. The van der Waals surface area contributed by atoms with Crippen molar-refractivity contribution in [1.29, 1.82) is 0 Å². The van der Waals surface area contributed by atoms with Crippen molar-refractivity contribution in [2.24, 2.45) is 0 Å². The molecule has 0 aromatic rings. The first-order valence-corrected chi connectivity index (χ1v) is 2.83. The third kappa shape index (κ3) is 4.54. The summed E-state index contributed by atoms with van der Waals surface area (Å²) in [6, 6.07) is 0. The van der Waals surface area contributed by atoms with Crippen LogP contribution in [0.3, 0.4) is 0 Å². The van der Waals surface area contributed by atoms with Gasteiger partial charge in [-0.05, 0) is 0 Å². The van der Waals surface area contributed by atoms with Crippen LogP contribution in [-0.4, -0.2) is 5.54 Å². The van der Waals surface area contributed by atoms with Crippen LogP contribution >= 0.6 is 15.8 Å². The highest BCUT2D eigenvalue weighted by atomic mass is 79.9. The molecule has 0 aliphatic heterocycles. The SMILES string of the molecule is CCB(C)Br. The second-order valence-electron chi connectivity index (χ2n) is 1.19. The van der Waals surface area contributed by atoms with E-state index in [1.165, 1.54) is 6.32 Å². The molecule has 0 nitrogen and oxygen atoms in total. The molecule has 0 radical (unpaired) electrons. The fourth-order valence-corrected chi connectivity index (χ4v) is 0. The van der Waals surface area contributed by atoms with Crippen molar-refractivity contribution < 1.29 is 0 Å². The molecule has 0 aromatic carbocycles. The Bertz CT molecular complexity index is 20.9. The van der Waals surface area contributed by atoms with E-state index in [-0.39, 0.29) is 0 Å². The highest BCUT2D eigenvalue weighted by Gasteiger charge is 1.90. The fraction of sp³-hybridized carbons (Fsp3) is 1.00. The molecule has 0 spiro atoms. The molecule has 0 rings (SSSR count). The van der Waals surface area contributed by atoms with Gasteiger partial charge in [-0.3, -0.25) is 0 Å². The zero-order chi connectivity index (χ0) is 4.28. The van der Waals surface area contributed by atoms with E-state index in [0.717, 1.165) is 0 Å². The predicted octanol–water partition coefficient (Wildman–Crippen LogP) is 2.02. The largest absolute Gasteiger partial charge is 0.219 e. The molecule has 0 fully saturated rings. The van der Waals surface area contributed by atoms with E-state index in [1.54, 1.807) is 0 Å². The van der Waals surface area contributed by atoms with Gasteiger partial charge in [0, 0.05) is 0 Å². The van der Waals surface area contributed by atoms with E-state index >= 15 is 0 Å². The first-order valence-electron chi connectivity index (χ1n) is 1.91. The molecule has 0 saturated heterocycles. The van der Waals surface area contributed by atoms with Crippen molar-refractivity contribution >= 4 is 21.3 Å². The quantitative estimate of drug-likeness (QED) is 0.482. The van der Waals surface area contributed by atoms with Crippen LogP contribution in [0.2, 0.25) is 13.1 Å². The van der Waals surface area contributed by atoms with Gasteiger partial charge in [-0.25, -0.2) is 0 Å². The summed E-state index contributed by atoms with van der Waals surface area (Å²) in [5.74, 6) is 0. The van der Waals surface area contributed by atoms with Crippen LogP contribution < -0.4 is 0 Å². The summed E-state index contributed by atoms with van der Waals surface area (Å²) in [6.45, 7) is 4.29. The molecule has 0 amide bonds. The average molecular weight is 135 g/mol. The number of rotatable bonds is 1. The van der Waals surface area contributed by atoms with E-state index < -0.39 is 0 Å². The minimum atomic E-state index is 0.697. The van der Waals surface area contributed by atoms with Crippen molar-refractivity contribution in [2.45, 2.75) is 20.1 Å². The second kappa shape index (κ2) is 2.76. The molecule has 30 valence electrons. The van der Waals surface area contributed by atoms with Gasteiger partial charge >= 0.3 is 0 Å². The predicted molar refractivity (Wildman–Crippen MR) is 31.0 cm³/mol.